The molecule has 0 unspecified atom stereocenters. The van der Waals surface area contributed by atoms with E-state index in [4.69, 9.17) is 0 Å². The van der Waals surface area contributed by atoms with E-state index < -0.39 is 17.9 Å². The fourth-order valence-electron chi connectivity index (χ4n) is 7.92. The van der Waals surface area contributed by atoms with Gasteiger partial charge in [0.25, 0.3) is 0 Å². The molecule has 0 fully saturated rings. The Morgan fingerprint density at radius 2 is 0.311 bits per heavy atom. The van der Waals surface area contributed by atoms with Crippen molar-refractivity contribution in [1.82, 2.24) is 0 Å². The second-order valence-electron chi connectivity index (χ2n) is 18.2. The third-order valence-corrected chi connectivity index (χ3v) is 12.0. The molecule has 0 saturated heterocycles. The molecule has 0 aromatic rings. The third-order valence-electron chi connectivity index (χ3n) is 12.0. The summed E-state index contributed by atoms with van der Waals surface area (Å²) in [5.41, 5.74) is 0. The average molecular weight is 991 g/mol. The minimum Gasteiger partial charge on any atom is -0.550 e. The second-order valence-corrected chi connectivity index (χ2v) is 18.2. The maximum absolute atomic E-state index is 10.2. The van der Waals surface area contributed by atoms with Crippen molar-refractivity contribution >= 4 is 17.9 Å². The van der Waals surface area contributed by atoms with Crippen LogP contribution in [0, 0.1) is 41.7 Å². The molecule has 1 radical (unpaired) electrons. The minimum absolute atomic E-state index is 0. The summed E-state index contributed by atoms with van der Waals surface area (Å²) in [6.07, 6.45) is 59.6. The van der Waals surface area contributed by atoms with Crippen molar-refractivity contribution < 1.29 is 71.5 Å². The van der Waals surface area contributed by atoms with Gasteiger partial charge in [0.1, 0.15) is 0 Å². The van der Waals surface area contributed by atoms with E-state index in [-0.39, 0.29) is 61.0 Å². The molecule has 0 aromatic carbocycles. The number of carboxylic acids is 3. The Morgan fingerprint density at radius 3 is 0.410 bits per heavy atom. The van der Waals surface area contributed by atoms with Crippen LogP contribution < -0.4 is 15.3 Å². The third kappa shape index (κ3) is 77.4. The molecule has 0 aliphatic heterocycles. The van der Waals surface area contributed by atoms with E-state index in [1.54, 1.807) is 0 Å². The zero-order valence-corrected chi connectivity index (χ0v) is 44.5. The van der Waals surface area contributed by atoms with Gasteiger partial charge in [-0.2, -0.15) is 0 Å². The number of rotatable bonds is 48. The van der Waals surface area contributed by atoms with E-state index in [0.717, 1.165) is 38.5 Å². The summed E-state index contributed by atoms with van der Waals surface area (Å²) >= 11 is 0. The van der Waals surface area contributed by atoms with E-state index in [2.05, 4.69) is 20.8 Å². The monoisotopic (exact) mass is 990 g/mol. The summed E-state index contributed by atoms with van der Waals surface area (Å²) < 4.78 is 0. The number of aliphatic carboxylic acids is 3. The van der Waals surface area contributed by atoms with Crippen molar-refractivity contribution in [2.75, 3.05) is 0 Å². The Hall–Kier alpha value is -0.213. The predicted octanol–water partition coefficient (Wildman–Crippen LogP) is 15.0. The Kier molecular flexibility index (Phi) is 70.8. The molecular formula is C54H105CeO6. The molecule has 0 spiro atoms. The molecule has 0 heterocycles. The van der Waals surface area contributed by atoms with Gasteiger partial charge in [0.05, 0.1) is 0 Å². The Bertz CT molecular complexity index is 717. The van der Waals surface area contributed by atoms with Gasteiger partial charge in [-0.25, -0.2) is 0 Å². The van der Waals surface area contributed by atoms with E-state index in [9.17, 15) is 29.7 Å². The Balaban J connectivity index is -0.000000396. The quantitative estimate of drug-likeness (QED) is 0.0560. The Morgan fingerprint density at radius 1 is 0.213 bits per heavy atom. The van der Waals surface area contributed by atoms with Crippen LogP contribution in [0.15, 0.2) is 0 Å². The van der Waals surface area contributed by atoms with Crippen LogP contribution in [-0.2, 0) is 14.4 Å². The number of hydrogen-bond donors (Lipinski definition) is 0. The maximum atomic E-state index is 10.2. The van der Waals surface area contributed by atoms with Crippen LogP contribution in [0.5, 0.6) is 0 Å². The summed E-state index contributed by atoms with van der Waals surface area (Å²) in [5.74, 6) is -2.71. The molecule has 0 aliphatic carbocycles. The van der Waals surface area contributed by atoms with Gasteiger partial charge in [-0.05, 0) is 38.5 Å². The normalized spacial score (nSPS) is 10.7. The molecule has 0 aromatic heterocycles. The standard InChI is InChI=1S/3C18H36O2.Ce/c3*1-2-3-4-5-6-7-8-9-10-11-12-13-14-15-16-17-18(19)20;/h3*2-17H2,1H3,(H,19,20);/q;;;+3/p-3. The molecule has 0 atom stereocenters. The van der Waals surface area contributed by atoms with E-state index in [1.807, 2.05) is 0 Å². The first kappa shape index (κ1) is 67.4. The molecule has 361 valence electrons. The number of carboxylic acid groups (broad SMARTS) is 3. The first-order valence-corrected chi connectivity index (χ1v) is 26.9. The molecule has 0 saturated carbocycles. The maximum Gasteiger partial charge on any atom is 3.00 e. The summed E-state index contributed by atoms with van der Waals surface area (Å²) in [4.78, 5) is 30.7. The molecular weight excluding hydrogens is 885 g/mol. The van der Waals surface area contributed by atoms with Crippen molar-refractivity contribution in [3.05, 3.63) is 0 Å². The van der Waals surface area contributed by atoms with Gasteiger partial charge in [-0.15, -0.1) is 0 Å². The van der Waals surface area contributed by atoms with Gasteiger partial charge in [0.15, 0.2) is 0 Å². The number of carbonyl (C=O) groups is 3. The van der Waals surface area contributed by atoms with Crippen molar-refractivity contribution in [3.8, 4) is 0 Å². The van der Waals surface area contributed by atoms with Crippen molar-refractivity contribution in [1.29, 1.82) is 0 Å². The minimum atomic E-state index is -0.903. The van der Waals surface area contributed by atoms with Gasteiger partial charge >= 0.3 is 41.7 Å². The number of hydrogen-bond acceptors (Lipinski definition) is 6. The molecule has 7 heteroatoms. The van der Waals surface area contributed by atoms with Gasteiger partial charge in [-0.3, -0.25) is 0 Å². The molecule has 0 rings (SSSR count). The molecule has 0 amide bonds. The van der Waals surface area contributed by atoms with Gasteiger partial charge in [0.2, 0.25) is 0 Å². The van der Waals surface area contributed by atoms with Gasteiger partial charge < -0.3 is 29.7 Å². The molecule has 61 heavy (non-hydrogen) atoms. The molecule has 6 nitrogen and oxygen atoms in total. The zero-order chi connectivity index (χ0) is 44.7. The first-order valence-electron chi connectivity index (χ1n) is 26.9. The van der Waals surface area contributed by atoms with Gasteiger partial charge in [0, 0.05) is 17.9 Å². The topological polar surface area (TPSA) is 120 Å². The molecule has 0 bridgehead atoms. The zero-order valence-electron chi connectivity index (χ0n) is 41.4. The van der Waals surface area contributed by atoms with Crippen molar-refractivity contribution in [3.63, 3.8) is 0 Å². The smallest absolute Gasteiger partial charge is 0.550 e. The summed E-state index contributed by atoms with van der Waals surface area (Å²) in [5, 5.41) is 30.7. The van der Waals surface area contributed by atoms with E-state index >= 15 is 0 Å². The number of unbranched alkanes of at least 4 members (excludes halogenated alkanes) is 42. The van der Waals surface area contributed by atoms with Crippen LogP contribution in [0.1, 0.15) is 329 Å². The van der Waals surface area contributed by atoms with Crippen LogP contribution >= 0.6 is 0 Å². The van der Waals surface area contributed by atoms with Gasteiger partial charge in [-0.1, -0.05) is 290 Å². The van der Waals surface area contributed by atoms with Crippen LogP contribution in [0.2, 0.25) is 0 Å². The second kappa shape index (κ2) is 64.1. The van der Waals surface area contributed by atoms with E-state index in [1.165, 1.54) is 250 Å². The fraction of sp³-hybridized carbons (Fsp3) is 0.944. The average Bonchev–Trinajstić information content (AvgIpc) is 3.22. The predicted molar refractivity (Wildman–Crippen MR) is 254 cm³/mol. The van der Waals surface area contributed by atoms with Crippen LogP contribution in [0.25, 0.3) is 0 Å². The molecule has 0 aliphatic rings. The summed E-state index contributed by atoms with van der Waals surface area (Å²) in [7, 11) is 0. The van der Waals surface area contributed by atoms with E-state index in [0.29, 0.717) is 0 Å². The SMILES string of the molecule is CCCCCCCCCCCCCCCCCC(=O)[O-].CCCCCCCCCCCCCCCCCC(=O)[O-].CCCCCCCCCCCCCCCCCC(=O)[O-].[Ce+3]. The fourth-order valence-corrected chi connectivity index (χ4v) is 7.92. The van der Waals surface area contributed by atoms with Crippen molar-refractivity contribution in [2.24, 2.45) is 0 Å². The first-order chi connectivity index (χ1) is 29.3. The summed E-state index contributed by atoms with van der Waals surface area (Å²) in [6.45, 7) is 6.80. The van der Waals surface area contributed by atoms with Crippen LogP contribution in [0.4, 0.5) is 0 Å². The van der Waals surface area contributed by atoms with Crippen LogP contribution in [-0.4, -0.2) is 17.9 Å². The largest absolute Gasteiger partial charge is 3.00 e. The summed E-state index contributed by atoms with van der Waals surface area (Å²) in [6, 6.07) is 0. The van der Waals surface area contributed by atoms with Crippen LogP contribution in [0.3, 0.4) is 0 Å². The Labute approximate surface area is 415 Å². The van der Waals surface area contributed by atoms with Crippen molar-refractivity contribution in [2.45, 2.75) is 329 Å². The molecule has 0 N–H and O–H groups in total. The number of carbonyl (C=O) groups excluding carboxylic acids is 3.